The SMILES string of the molecule is C[C@@H](Oc1cccc(C=O)c1)C(=O)Nc1cccc(Cl)c1. The molecule has 2 aromatic rings. The van der Waals surface area contributed by atoms with Gasteiger partial charge in [0.25, 0.3) is 5.91 Å². The Hall–Kier alpha value is -2.33. The highest BCUT2D eigenvalue weighted by Crippen LogP contribution is 2.17. The first-order chi connectivity index (χ1) is 10.1. The fourth-order valence-corrected chi connectivity index (χ4v) is 1.92. The molecule has 0 radical (unpaired) electrons. The van der Waals surface area contributed by atoms with Gasteiger partial charge in [0.2, 0.25) is 0 Å². The Labute approximate surface area is 127 Å². The van der Waals surface area contributed by atoms with Crippen LogP contribution in [-0.4, -0.2) is 18.3 Å². The molecule has 0 spiro atoms. The summed E-state index contributed by atoms with van der Waals surface area (Å²) in [6, 6.07) is 13.5. The van der Waals surface area contributed by atoms with Crippen molar-refractivity contribution in [3.05, 3.63) is 59.1 Å². The summed E-state index contributed by atoms with van der Waals surface area (Å²) in [4.78, 5) is 22.7. The van der Waals surface area contributed by atoms with Crippen molar-refractivity contribution >= 4 is 29.5 Å². The van der Waals surface area contributed by atoms with E-state index in [1.54, 1.807) is 55.5 Å². The minimum absolute atomic E-state index is 0.297. The number of hydrogen-bond donors (Lipinski definition) is 1. The van der Waals surface area contributed by atoms with Gasteiger partial charge in [-0.2, -0.15) is 0 Å². The molecule has 0 bridgehead atoms. The molecule has 0 heterocycles. The molecule has 21 heavy (non-hydrogen) atoms. The Morgan fingerprint density at radius 2 is 2.00 bits per heavy atom. The number of nitrogens with one attached hydrogen (secondary N) is 1. The van der Waals surface area contributed by atoms with Crippen LogP contribution in [0.1, 0.15) is 17.3 Å². The molecular formula is C16H14ClNO3. The predicted octanol–water partition coefficient (Wildman–Crippen LogP) is 3.56. The van der Waals surface area contributed by atoms with Crippen molar-refractivity contribution in [2.24, 2.45) is 0 Å². The quantitative estimate of drug-likeness (QED) is 0.859. The highest BCUT2D eigenvalue weighted by atomic mass is 35.5. The average Bonchev–Trinajstić information content (AvgIpc) is 2.47. The number of hydrogen-bond acceptors (Lipinski definition) is 3. The van der Waals surface area contributed by atoms with Gasteiger partial charge in [-0.25, -0.2) is 0 Å². The number of benzene rings is 2. The van der Waals surface area contributed by atoms with Crippen LogP contribution in [0.2, 0.25) is 5.02 Å². The monoisotopic (exact) mass is 303 g/mol. The summed E-state index contributed by atoms with van der Waals surface area (Å²) >= 11 is 5.86. The molecule has 0 fully saturated rings. The maximum atomic E-state index is 12.0. The molecule has 0 aromatic heterocycles. The molecule has 0 saturated carbocycles. The lowest BCUT2D eigenvalue weighted by Crippen LogP contribution is -2.30. The van der Waals surface area contributed by atoms with E-state index < -0.39 is 6.10 Å². The molecule has 1 N–H and O–H groups in total. The number of ether oxygens (including phenoxy) is 1. The minimum atomic E-state index is -0.703. The number of carbonyl (C=O) groups excluding carboxylic acids is 2. The summed E-state index contributed by atoms with van der Waals surface area (Å²) in [6.45, 7) is 1.63. The molecule has 0 unspecified atom stereocenters. The largest absolute Gasteiger partial charge is 0.481 e. The molecular weight excluding hydrogens is 290 g/mol. The molecule has 2 aromatic carbocycles. The molecule has 0 aliphatic carbocycles. The molecule has 5 heteroatoms. The van der Waals surface area contributed by atoms with Crippen LogP contribution in [0.15, 0.2) is 48.5 Å². The second-order valence-corrected chi connectivity index (χ2v) is 4.89. The van der Waals surface area contributed by atoms with Crippen molar-refractivity contribution in [3.8, 4) is 5.75 Å². The Bertz CT molecular complexity index is 657. The van der Waals surface area contributed by atoms with E-state index in [0.29, 0.717) is 22.0 Å². The van der Waals surface area contributed by atoms with E-state index >= 15 is 0 Å². The molecule has 0 saturated heterocycles. The number of halogens is 1. The third-order valence-electron chi connectivity index (χ3n) is 2.77. The molecule has 2 rings (SSSR count). The number of amides is 1. The lowest BCUT2D eigenvalue weighted by Gasteiger charge is -2.15. The van der Waals surface area contributed by atoms with Gasteiger partial charge < -0.3 is 10.1 Å². The number of aldehydes is 1. The van der Waals surface area contributed by atoms with E-state index in [-0.39, 0.29) is 5.91 Å². The van der Waals surface area contributed by atoms with Gasteiger partial charge in [0.15, 0.2) is 6.10 Å². The van der Waals surface area contributed by atoms with Gasteiger partial charge in [0.1, 0.15) is 12.0 Å². The van der Waals surface area contributed by atoms with E-state index in [1.165, 1.54) is 0 Å². The van der Waals surface area contributed by atoms with Crippen LogP contribution in [0.3, 0.4) is 0 Å². The topological polar surface area (TPSA) is 55.4 Å². The fraction of sp³-hybridized carbons (Fsp3) is 0.125. The van der Waals surface area contributed by atoms with Crippen LogP contribution >= 0.6 is 11.6 Å². The van der Waals surface area contributed by atoms with Crippen LogP contribution < -0.4 is 10.1 Å². The van der Waals surface area contributed by atoms with Crippen molar-refractivity contribution in [1.82, 2.24) is 0 Å². The zero-order chi connectivity index (χ0) is 15.2. The second kappa shape index (κ2) is 6.90. The fourth-order valence-electron chi connectivity index (χ4n) is 1.73. The Morgan fingerprint density at radius 1 is 1.24 bits per heavy atom. The minimum Gasteiger partial charge on any atom is -0.481 e. The van der Waals surface area contributed by atoms with E-state index in [2.05, 4.69) is 5.32 Å². The van der Waals surface area contributed by atoms with Crippen LogP contribution in [0.4, 0.5) is 5.69 Å². The van der Waals surface area contributed by atoms with E-state index in [1.807, 2.05) is 0 Å². The maximum Gasteiger partial charge on any atom is 0.265 e. The lowest BCUT2D eigenvalue weighted by atomic mass is 10.2. The number of anilines is 1. The second-order valence-electron chi connectivity index (χ2n) is 4.45. The average molecular weight is 304 g/mol. The smallest absolute Gasteiger partial charge is 0.265 e. The highest BCUT2D eigenvalue weighted by molar-refractivity contribution is 6.30. The zero-order valence-electron chi connectivity index (χ0n) is 11.4. The van der Waals surface area contributed by atoms with Crippen molar-refractivity contribution in [3.63, 3.8) is 0 Å². The predicted molar refractivity (Wildman–Crippen MR) is 82.0 cm³/mol. The van der Waals surface area contributed by atoms with Crippen LogP contribution in [0.25, 0.3) is 0 Å². The molecule has 1 atom stereocenters. The molecule has 4 nitrogen and oxygen atoms in total. The number of rotatable bonds is 5. The Balaban J connectivity index is 2.00. The van der Waals surface area contributed by atoms with Gasteiger partial charge in [-0.05, 0) is 37.3 Å². The van der Waals surface area contributed by atoms with Gasteiger partial charge in [-0.15, -0.1) is 0 Å². The molecule has 108 valence electrons. The Morgan fingerprint density at radius 3 is 2.71 bits per heavy atom. The van der Waals surface area contributed by atoms with Crippen LogP contribution in [0.5, 0.6) is 5.75 Å². The lowest BCUT2D eigenvalue weighted by molar-refractivity contribution is -0.122. The first kappa shape index (κ1) is 15.1. The van der Waals surface area contributed by atoms with Crippen LogP contribution in [0, 0.1) is 0 Å². The van der Waals surface area contributed by atoms with Gasteiger partial charge in [0, 0.05) is 16.3 Å². The van der Waals surface area contributed by atoms with E-state index in [9.17, 15) is 9.59 Å². The summed E-state index contributed by atoms with van der Waals surface area (Å²) in [5.74, 6) is 0.169. The Kier molecular flexibility index (Phi) is 4.95. The third kappa shape index (κ3) is 4.33. The van der Waals surface area contributed by atoms with Gasteiger partial charge in [0.05, 0.1) is 0 Å². The highest BCUT2D eigenvalue weighted by Gasteiger charge is 2.15. The van der Waals surface area contributed by atoms with Crippen molar-refractivity contribution in [1.29, 1.82) is 0 Å². The zero-order valence-corrected chi connectivity index (χ0v) is 12.1. The normalized spacial score (nSPS) is 11.5. The van der Waals surface area contributed by atoms with Gasteiger partial charge in [-0.1, -0.05) is 29.8 Å². The summed E-state index contributed by atoms with van der Waals surface area (Å²) in [7, 11) is 0. The summed E-state index contributed by atoms with van der Waals surface area (Å²) in [5.41, 5.74) is 1.10. The molecule has 0 aliphatic rings. The molecule has 1 amide bonds. The van der Waals surface area contributed by atoms with E-state index in [0.717, 1.165) is 6.29 Å². The summed E-state index contributed by atoms with van der Waals surface area (Å²) in [5, 5.41) is 3.26. The third-order valence-corrected chi connectivity index (χ3v) is 3.00. The summed E-state index contributed by atoms with van der Waals surface area (Å²) in [6.07, 6.45) is 0.0229. The van der Waals surface area contributed by atoms with Crippen molar-refractivity contribution in [2.45, 2.75) is 13.0 Å². The number of carbonyl (C=O) groups is 2. The molecule has 0 aliphatic heterocycles. The first-order valence-electron chi connectivity index (χ1n) is 6.37. The standard InChI is InChI=1S/C16H14ClNO3/c1-11(21-15-7-2-4-12(8-15)10-19)16(20)18-14-6-3-5-13(17)9-14/h2-11H,1H3,(H,18,20)/t11-/m1/s1. The van der Waals surface area contributed by atoms with Crippen LogP contribution in [-0.2, 0) is 4.79 Å². The summed E-state index contributed by atoms with van der Waals surface area (Å²) < 4.78 is 5.52. The van der Waals surface area contributed by atoms with E-state index in [4.69, 9.17) is 16.3 Å². The maximum absolute atomic E-state index is 12.0. The first-order valence-corrected chi connectivity index (χ1v) is 6.74. The van der Waals surface area contributed by atoms with Gasteiger partial charge in [-0.3, -0.25) is 9.59 Å². The van der Waals surface area contributed by atoms with Crippen molar-refractivity contribution < 1.29 is 14.3 Å². The van der Waals surface area contributed by atoms with Gasteiger partial charge >= 0.3 is 0 Å². The van der Waals surface area contributed by atoms with Crippen molar-refractivity contribution in [2.75, 3.05) is 5.32 Å².